The summed E-state index contributed by atoms with van der Waals surface area (Å²) >= 11 is 3.41. The van der Waals surface area contributed by atoms with Gasteiger partial charge >= 0.3 is 0 Å². The smallest absolute Gasteiger partial charge is 0.169 e. The number of allylic oxidation sites excluding steroid dienone is 5. The van der Waals surface area contributed by atoms with Crippen LogP contribution >= 0.6 is 23.5 Å². The molecule has 2 aromatic heterocycles. The Morgan fingerprint density at radius 2 is 1.42 bits per heavy atom. The normalized spacial score (nSPS) is 13.3. The van der Waals surface area contributed by atoms with E-state index in [4.69, 9.17) is 8.83 Å². The van der Waals surface area contributed by atoms with Crippen molar-refractivity contribution in [2.45, 2.75) is 9.79 Å². The maximum absolute atomic E-state index is 10.5. The standard InChI is InChI=1S/C22H14O3S2.C5H5.Fe/c23-21(14-6-1-2-7-14)17-12-11-16(25-17)20(15-8-5-13-24-15)22-26-18-9-3-4-10-19(18)27-22;1-2-4-5-3-1;/h1-13,23H;1-5H;/q;-1;. The SMILES string of the molecule is OC(=C1C=CC=C1)c1ccc(C(=C2Sc3ccccc3S2)c2ccco2)o1.[Fe].c1cc[cH-]c1. The Morgan fingerprint density at radius 3 is 2.00 bits per heavy atom. The van der Waals surface area contributed by atoms with Crippen molar-refractivity contribution < 1.29 is 31.0 Å². The van der Waals surface area contributed by atoms with Crippen molar-refractivity contribution in [1.29, 1.82) is 0 Å². The van der Waals surface area contributed by atoms with E-state index >= 15 is 0 Å². The maximum Gasteiger partial charge on any atom is 0.169 e. The summed E-state index contributed by atoms with van der Waals surface area (Å²) in [5, 5.41) is 10.5. The first-order valence-corrected chi connectivity index (χ1v) is 11.7. The number of aliphatic hydroxyl groups is 1. The van der Waals surface area contributed by atoms with E-state index in [1.807, 2.05) is 85.0 Å². The summed E-state index contributed by atoms with van der Waals surface area (Å²) in [6, 6.07) is 25.8. The minimum atomic E-state index is 0. The van der Waals surface area contributed by atoms with Crippen LogP contribution in [0.3, 0.4) is 0 Å². The molecular formula is C27H19FeO3S2-. The number of fused-ring (bicyclic) bond motifs is 1. The van der Waals surface area contributed by atoms with Crippen LogP contribution in [0, 0.1) is 0 Å². The summed E-state index contributed by atoms with van der Waals surface area (Å²) in [6.07, 6.45) is 9.12. The molecule has 166 valence electrons. The average molecular weight is 511 g/mol. The van der Waals surface area contributed by atoms with Gasteiger partial charge < -0.3 is 13.9 Å². The average Bonchev–Trinajstić information content (AvgIpc) is 3.65. The molecule has 3 heterocycles. The summed E-state index contributed by atoms with van der Waals surface area (Å²) in [5.41, 5.74) is 1.63. The number of hydrogen-bond donors (Lipinski definition) is 1. The molecule has 0 bridgehead atoms. The van der Waals surface area contributed by atoms with E-state index in [-0.39, 0.29) is 22.8 Å². The first-order chi connectivity index (χ1) is 15.8. The topological polar surface area (TPSA) is 46.5 Å². The van der Waals surface area contributed by atoms with Crippen molar-refractivity contribution in [3.8, 4) is 0 Å². The fourth-order valence-electron chi connectivity index (χ4n) is 3.28. The molecule has 0 radical (unpaired) electrons. The third-order valence-electron chi connectivity index (χ3n) is 4.80. The number of rotatable bonds is 3. The van der Waals surface area contributed by atoms with Crippen LogP contribution in [-0.2, 0) is 17.1 Å². The fourth-order valence-corrected chi connectivity index (χ4v) is 5.87. The van der Waals surface area contributed by atoms with E-state index in [2.05, 4.69) is 12.1 Å². The van der Waals surface area contributed by atoms with Gasteiger partial charge in [0.15, 0.2) is 11.5 Å². The molecule has 0 saturated carbocycles. The first kappa shape index (κ1) is 23.3. The van der Waals surface area contributed by atoms with E-state index in [1.165, 1.54) is 9.79 Å². The fraction of sp³-hybridized carbons (Fsp3) is 0. The molecule has 1 aliphatic carbocycles. The van der Waals surface area contributed by atoms with Gasteiger partial charge in [0.2, 0.25) is 0 Å². The predicted molar refractivity (Wildman–Crippen MR) is 131 cm³/mol. The van der Waals surface area contributed by atoms with E-state index in [0.717, 1.165) is 21.1 Å². The van der Waals surface area contributed by atoms with Gasteiger partial charge in [0.25, 0.3) is 0 Å². The van der Waals surface area contributed by atoms with Crippen LogP contribution in [-0.4, -0.2) is 5.11 Å². The van der Waals surface area contributed by atoms with Crippen LogP contribution in [0.4, 0.5) is 0 Å². The van der Waals surface area contributed by atoms with Gasteiger partial charge in [-0.3, -0.25) is 0 Å². The van der Waals surface area contributed by atoms with Gasteiger partial charge in [0.05, 0.1) is 16.1 Å². The van der Waals surface area contributed by atoms with Gasteiger partial charge in [-0.05, 0) is 36.4 Å². The Balaban J connectivity index is 0.000000385. The molecule has 6 rings (SSSR count). The van der Waals surface area contributed by atoms with Crippen LogP contribution in [0.15, 0.2) is 138 Å². The zero-order valence-corrected chi connectivity index (χ0v) is 20.1. The number of furan rings is 2. The Labute approximate surface area is 211 Å². The second kappa shape index (κ2) is 10.8. The van der Waals surface area contributed by atoms with Crippen molar-refractivity contribution >= 4 is 34.9 Å². The number of thioether (sulfide) groups is 2. The maximum atomic E-state index is 10.5. The Hall–Kier alpha value is -2.89. The van der Waals surface area contributed by atoms with Gasteiger partial charge in [0.1, 0.15) is 11.5 Å². The molecule has 4 aromatic rings. The number of aliphatic hydroxyl groups excluding tert-OH is 1. The third kappa shape index (κ3) is 5.21. The van der Waals surface area contributed by atoms with Crippen LogP contribution in [0.5, 0.6) is 0 Å². The van der Waals surface area contributed by atoms with Crippen LogP contribution in [0.25, 0.3) is 11.3 Å². The Morgan fingerprint density at radius 1 is 0.758 bits per heavy atom. The van der Waals surface area contributed by atoms with Crippen molar-refractivity contribution in [2.24, 2.45) is 0 Å². The van der Waals surface area contributed by atoms with Gasteiger partial charge in [-0.25, -0.2) is 12.1 Å². The van der Waals surface area contributed by atoms with Crippen LogP contribution in [0.2, 0.25) is 0 Å². The number of benzene rings is 1. The predicted octanol–water partition coefficient (Wildman–Crippen LogP) is 8.29. The van der Waals surface area contributed by atoms with Crippen molar-refractivity contribution in [3.05, 3.63) is 137 Å². The zero-order chi connectivity index (χ0) is 21.8. The van der Waals surface area contributed by atoms with E-state index in [0.29, 0.717) is 11.5 Å². The molecule has 0 atom stereocenters. The summed E-state index contributed by atoms with van der Waals surface area (Å²) < 4.78 is 12.8. The van der Waals surface area contributed by atoms with Gasteiger partial charge in [-0.2, -0.15) is 18.2 Å². The summed E-state index contributed by atoms with van der Waals surface area (Å²) in [7, 11) is 0. The van der Waals surface area contributed by atoms with E-state index in [1.54, 1.807) is 35.9 Å². The number of hydrogen-bond acceptors (Lipinski definition) is 5. The molecule has 1 N–H and O–H groups in total. The van der Waals surface area contributed by atoms with Crippen LogP contribution < -0.4 is 0 Å². The minimum Gasteiger partial charge on any atom is -0.504 e. The molecule has 2 aliphatic rings. The molecule has 2 aromatic carbocycles. The van der Waals surface area contributed by atoms with Gasteiger partial charge in [0, 0.05) is 32.4 Å². The van der Waals surface area contributed by atoms with Crippen molar-refractivity contribution in [1.82, 2.24) is 0 Å². The van der Waals surface area contributed by atoms with Gasteiger partial charge in [-0.1, -0.05) is 60.0 Å². The van der Waals surface area contributed by atoms with Crippen molar-refractivity contribution in [3.63, 3.8) is 0 Å². The molecular weight excluding hydrogens is 492 g/mol. The molecule has 6 heteroatoms. The van der Waals surface area contributed by atoms with E-state index < -0.39 is 0 Å². The molecule has 0 fully saturated rings. The molecule has 0 unspecified atom stereocenters. The van der Waals surface area contributed by atoms with Gasteiger partial charge in [-0.15, -0.1) is 0 Å². The first-order valence-electron chi connectivity index (χ1n) is 10.1. The quantitative estimate of drug-likeness (QED) is 0.170. The monoisotopic (exact) mass is 511 g/mol. The Kier molecular flexibility index (Phi) is 7.63. The summed E-state index contributed by atoms with van der Waals surface area (Å²) in [4.78, 5) is 2.44. The largest absolute Gasteiger partial charge is 0.504 e. The molecule has 0 spiro atoms. The third-order valence-corrected chi connectivity index (χ3v) is 7.36. The Bertz CT molecular complexity index is 1270. The van der Waals surface area contributed by atoms with Crippen LogP contribution in [0.1, 0.15) is 17.3 Å². The summed E-state index contributed by atoms with van der Waals surface area (Å²) in [6.45, 7) is 0. The molecule has 3 nitrogen and oxygen atoms in total. The molecule has 33 heavy (non-hydrogen) atoms. The van der Waals surface area contributed by atoms with Crippen molar-refractivity contribution in [2.75, 3.05) is 0 Å². The second-order valence-electron chi connectivity index (χ2n) is 6.94. The molecule has 1 aliphatic heterocycles. The second-order valence-corrected chi connectivity index (χ2v) is 9.30. The molecule has 0 saturated heterocycles. The molecule has 0 amide bonds. The van der Waals surface area contributed by atoms with E-state index in [9.17, 15) is 5.11 Å². The minimum absolute atomic E-state index is 0. The zero-order valence-electron chi connectivity index (χ0n) is 17.3. The summed E-state index contributed by atoms with van der Waals surface area (Å²) in [5.74, 6) is 1.98.